The van der Waals surface area contributed by atoms with Gasteiger partial charge in [0.05, 0.1) is 11.7 Å². The first-order valence-electron chi connectivity index (χ1n) is 9.23. The number of hydrogen-bond donors (Lipinski definition) is 0. The van der Waals surface area contributed by atoms with Gasteiger partial charge in [0.1, 0.15) is 11.4 Å². The Labute approximate surface area is 158 Å². The van der Waals surface area contributed by atoms with Crippen LogP contribution in [0.2, 0.25) is 0 Å². The average molecular weight is 366 g/mol. The van der Waals surface area contributed by atoms with Gasteiger partial charge in [0, 0.05) is 13.6 Å². The standard InChI is InChI=1S/C21H23FN4O/c1-15-21(24-25(2)23-15)19-9-6-12-26(19)14-16-10-11-20(18(22)13-16)27-17-7-4-3-5-8-17/h3-5,7-8,10-11,13,19H,6,9,12,14H2,1-2H3. The highest BCUT2D eigenvalue weighted by Crippen LogP contribution is 2.34. The number of aromatic nitrogens is 3. The minimum absolute atomic E-state index is 0.238. The molecule has 4 rings (SSSR count). The first-order chi connectivity index (χ1) is 13.1. The lowest BCUT2D eigenvalue weighted by Gasteiger charge is -2.23. The Morgan fingerprint density at radius 2 is 1.96 bits per heavy atom. The number of benzene rings is 2. The van der Waals surface area contributed by atoms with Gasteiger partial charge in [-0.1, -0.05) is 24.3 Å². The van der Waals surface area contributed by atoms with E-state index in [1.165, 1.54) is 0 Å². The summed E-state index contributed by atoms with van der Waals surface area (Å²) in [4.78, 5) is 3.97. The van der Waals surface area contributed by atoms with E-state index < -0.39 is 0 Å². The lowest BCUT2D eigenvalue weighted by atomic mass is 10.1. The second-order valence-electron chi connectivity index (χ2n) is 6.97. The molecule has 2 aromatic carbocycles. The molecule has 1 saturated heterocycles. The topological polar surface area (TPSA) is 43.2 Å². The summed E-state index contributed by atoms with van der Waals surface area (Å²) in [6.07, 6.45) is 2.16. The van der Waals surface area contributed by atoms with Crippen molar-refractivity contribution in [3.8, 4) is 11.5 Å². The zero-order valence-electron chi connectivity index (χ0n) is 15.6. The van der Waals surface area contributed by atoms with Crippen LogP contribution in [0.5, 0.6) is 11.5 Å². The minimum atomic E-state index is -0.345. The van der Waals surface area contributed by atoms with E-state index in [9.17, 15) is 4.39 Å². The predicted octanol–water partition coefficient (Wildman–Crippen LogP) is 4.39. The summed E-state index contributed by atoms with van der Waals surface area (Å²) in [6, 6.07) is 14.7. The minimum Gasteiger partial charge on any atom is -0.454 e. The van der Waals surface area contributed by atoms with E-state index in [4.69, 9.17) is 4.74 Å². The summed E-state index contributed by atoms with van der Waals surface area (Å²) in [6.45, 7) is 3.65. The number of rotatable bonds is 5. The monoisotopic (exact) mass is 366 g/mol. The van der Waals surface area contributed by atoms with Gasteiger partial charge in [-0.05, 0) is 56.1 Å². The lowest BCUT2D eigenvalue weighted by Crippen LogP contribution is -2.23. The van der Waals surface area contributed by atoms with Crippen molar-refractivity contribution in [2.24, 2.45) is 7.05 Å². The van der Waals surface area contributed by atoms with Crippen LogP contribution in [0.3, 0.4) is 0 Å². The SMILES string of the molecule is Cc1nn(C)nc1C1CCCN1Cc1ccc(Oc2ccccc2)c(F)c1. The van der Waals surface area contributed by atoms with Gasteiger partial charge in [-0.25, -0.2) is 4.39 Å². The molecule has 1 fully saturated rings. The third kappa shape index (κ3) is 3.85. The normalized spacial score (nSPS) is 17.4. The third-order valence-electron chi connectivity index (χ3n) is 4.95. The van der Waals surface area contributed by atoms with Crippen molar-refractivity contribution in [2.45, 2.75) is 32.4 Å². The van der Waals surface area contributed by atoms with E-state index in [2.05, 4.69) is 15.1 Å². The largest absolute Gasteiger partial charge is 0.454 e. The molecule has 2 heterocycles. The van der Waals surface area contributed by atoms with Crippen molar-refractivity contribution in [2.75, 3.05) is 6.54 Å². The molecule has 1 aliphatic rings. The highest BCUT2D eigenvalue weighted by Gasteiger charge is 2.30. The molecule has 0 aliphatic carbocycles. The maximum atomic E-state index is 14.5. The molecule has 3 aromatic rings. The number of hydrogen-bond acceptors (Lipinski definition) is 4. The maximum absolute atomic E-state index is 14.5. The average Bonchev–Trinajstić information content (AvgIpc) is 3.23. The summed E-state index contributed by atoms with van der Waals surface area (Å²) in [5.41, 5.74) is 2.92. The van der Waals surface area contributed by atoms with Gasteiger partial charge >= 0.3 is 0 Å². The van der Waals surface area contributed by atoms with Crippen LogP contribution in [0.15, 0.2) is 48.5 Å². The Kier molecular flexibility index (Phi) is 4.90. The second-order valence-corrected chi connectivity index (χ2v) is 6.97. The number of nitrogens with zero attached hydrogens (tertiary/aromatic N) is 4. The zero-order chi connectivity index (χ0) is 18.8. The zero-order valence-corrected chi connectivity index (χ0v) is 15.6. The molecule has 0 saturated carbocycles. The summed E-state index contributed by atoms with van der Waals surface area (Å²) in [7, 11) is 1.84. The Morgan fingerprint density at radius 1 is 1.15 bits per heavy atom. The van der Waals surface area contributed by atoms with Crippen LogP contribution in [0.25, 0.3) is 0 Å². The second kappa shape index (κ2) is 7.48. The van der Waals surface area contributed by atoms with E-state index in [0.29, 0.717) is 12.3 Å². The maximum Gasteiger partial charge on any atom is 0.166 e. The fourth-order valence-electron chi connectivity index (χ4n) is 3.73. The summed E-state index contributed by atoms with van der Waals surface area (Å²) in [5, 5.41) is 8.90. The van der Waals surface area contributed by atoms with Crippen LogP contribution in [0.1, 0.15) is 35.8 Å². The highest BCUT2D eigenvalue weighted by atomic mass is 19.1. The van der Waals surface area contributed by atoms with E-state index >= 15 is 0 Å². The fraction of sp³-hybridized carbons (Fsp3) is 0.333. The Morgan fingerprint density at radius 3 is 2.67 bits per heavy atom. The van der Waals surface area contributed by atoms with Crippen molar-refractivity contribution in [1.29, 1.82) is 0 Å². The van der Waals surface area contributed by atoms with E-state index in [0.717, 1.165) is 36.3 Å². The third-order valence-corrected chi connectivity index (χ3v) is 4.95. The van der Waals surface area contributed by atoms with Crippen molar-refractivity contribution in [3.63, 3.8) is 0 Å². The number of para-hydroxylation sites is 1. The Hall–Kier alpha value is -2.73. The van der Waals surface area contributed by atoms with Gasteiger partial charge in [0.2, 0.25) is 0 Å². The molecule has 5 nitrogen and oxygen atoms in total. The molecule has 1 atom stereocenters. The van der Waals surface area contributed by atoms with E-state index in [1.54, 1.807) is 16.9 Å². The molecule has 1 aromatic heterocycles. The van der Waals surface area contributed by atoms with Gasteiger partial charge in [-0.2, -0.15) is 15.0 Å². The van der Waals surface area contributed by atoms with Gasteiger partial charge in [0.25, 0.3) is 0 Å². The molecule has 0 spiro atoms. The van der Waals surface area contributed by atoms with Crippen molar-refractivity contribution >= 4 is 0 Å². The highest BCUT2D eigenvalue weighted by molar-refractivity contribution is 5.34. The van der Waals surface area contributed by atoms with E-state index in [1.807, 2.05) is 50.4 Å². The van der Waals surface area contributed by atoms with Crippen LogP contribution in [0, 0.1) is 12.7 Å². The Bertz CT molecular complexity index is 925. The van der Waals surface area contributed by atoms with Crippen molar-refractivity contribution in [1.82, 2.24) is 19.9 Å². The molecule has 0 radical (unpaired) electrons. The van der Waals surface area contributed by atoms with Crippen molar-refractivity contribution in [3.05, 3.63) is 71.3 Å². The molecular weight excluding hydrogens is 343 g/mol. The summed E-state index contributed by atoms with van der Waals surface area (Å²) in [5.74, 6) is 0.525. The van der Waals surface area contributed by atoms with Gasteiger partial charge in [-0.15, -0.1) is 0 Å². The van der Waals surface area contributed by atoms with Crippen LogP contribution >= 0.6 is 0 Å². The molecule has 6 heteroatoms. The van der Waals surface area contributed by atoms with Crippen LogP contribution < -0.4 is 4.74 Å². The van der Waals surface area contributed by atoms with Gasteiger partial charge in [0.15, 0.2) is 11.6 Å². The first kappa shape index (κ1) is 17.7. The molecule has 0 N–H and O–H groups in total. The molecule has 1 unspecified atom stereocenters. The van der Waals surface area contributed by atoms with Gasteiger partial charge < -0.3 is 4.74 Å². The molecule has 140 valence electrons. The molecule has 0 amide bonds. The van der Waals surface area contributed by atoms with Crippen LogP contribution in [-0.2, 0) is 13.6 Å². The quantitative estimate of drug-likeness (QED) is 0.672. The molecule has 27 heavy (non-hydrogen) atoms. The van der Waals surface area contributed by atoms with Crippen LogP contribution in [0.4, 0.5) is 4.39 Å². The Balaban J connectivity index is 1.49. The van der Waals surface area contributed by atoms with Crippen molar-refractivity contribution < 1.29 is 9.13 Å². The number of likely N-dealkylation sites (tertiary alicyclic amines) is 1. The molecular formula is C21H23FN4O. The number of halogens is 1. The molecule has 0 bridgehead atoms. The smallest absolute Gasteiger partial charge is 0.166 e. The van der Waals surface area contributed by atoms with Crippen LogP contribution in [-0.4, -0.2) is 26.4 Å². The predicted molar refractivity (Wildman–Crippen MR) is 101 cm³/mol. The summed E-state index contributed by atoms with van der Waals surface area (Å²) >= 11 is 0. The summed E-state index contributed by atoms with van der Waals surface area (Å²) < 4.78 is 20.2. The number of aryl methyl sites for hydroxylation is 2. The first-order valence-corrected chi connectivity index (χ1v) is 9.23. The number of ether oxygens (including phenoxy) is 1. The lowest BCUT2D eigenvalue weighted by molar-refractivity contribution is 0.242. The molecule has 1 aliphatic heterocycles. The fourth-order valence-corrected chi connectivity index (χ4v) is 3.73. The van der Waals surface area contributed by atoms with Gasteiger partial charge in [-0.3, -0.25) is 4.90 Å². The van der Waals surface area contributed by atoms with E-state index in [-0.39, 0.29) is 17.6 Å².